The number of halogens is 1. The van der Waals surface area contributed by atoms with Crippen LogP contribution in [0, 0.1) is 20.8 Å². The first kappa shape index (κ1) is 12.6. The molecule has 2 nitrogen and oxygen atoms in total. The molecule has 0 aliphatic heterocycles. The molecule has 0 amide bonds. The molecular weight excluding hydrogens is 276 g/mol. The molecule has 0 unspecified atom stereocenters. The first-order valence-corrected chi connectivity index (χ1v) is 7.25. The van der Waals surface area contributed by atoms with Crippen molar-refractivity contribution in [1.29, 1.82) is 0 Å². The predicted molar refractivity (Wildman–Crippen MR) is 82.1 cm³/mol. The number of aryl methyl sites for hydroxylation is 3. The Bertz CT molecular complexity index is 777. The van der Waals surface area contributed by atoms with Crippen LogP contribution in [0.4, 0.5) is 0 Å². The van der Waals surface area contributed by atoms with Gasteiger partial charge in [-0.3, -0.25) is 0 Å². The van der Waals surface area contributed by atoms with Crippen molar-refractivity contribution in [3.05, 3.63) is 46.4 Å². The van der Waals surface area contributed by atoms with Gasteiger partial charge in [0.05, 0.1) is 10.2 Å². The summed E-state index contributed by atoms with van der Waals surface area (Å²) in [7, 11) is 0. The van der Waals surface area contributed by atoms with E-state index in [4.69, 9.17) is 11.6 Å². The first-order chi connectivity index (χ1) is 9.04. The summed E-state index contributed by atoms with van der Waals surface area (Å²) >= 11 is 7.84. The standard InChI is InChI=1S/C15H13ClN2S/c1-8-4-5-11(9(2)6-8)13-7-12-14(19-13)15(16)18-10(3)17-12/h4-7H,1-3H3. The zero-order valence-electron chi connectivity index (χ0n) is 11.0. The Morgan fingerprint density at radius 3 is 2.58 bits per heavy atom. The van der Waals surface area contributed by atoms with Gasteiger partial charge in [-0.1, -0.05) is 35.4 Å². The first-order valence-electron chi connectivity index (χ1n) is 6.06. The van der Waals surface area contributed by atoms with Gasteiger partial charge in [0.25, 0.3) is 0 Å². The minimum atomic E-state index is 0.545. The van der Waals surface area contributed by atoms with Crippen LogP contribution in [0.5, 0.6) is 0 Å². The van der Waals surface area contributed by atoms with Crippen molar-refractivity contribution in [2.24, 2.45) is 0 Å². The maximum atomic E-state index is 6.19. The van der Waals surface area contributed by atoms with E-state index in [1.165, 1.54) is 21.6 Å². The number of rotatable bonds is 1. The molecule has 0 saturated carbocycles. The summed E-state index contributed by atoms with van der Waals surface area (Å²) in [5.41, 5.74) is 4.71. The summed E-state index contributed by atoms with van der Waals surface area (Å²) in [6, 6.07) is 8.57. The van der Waals surface area contributed by atoms with Crippen LogP contribution in [-0.2, 0) is 0 Å². The van der Waals surface area contributed by atoms with Gasteiger partial charge in [-0.15, -0.1) is 11.3 Å². The van der Waals surface area contributed by atoms with Crippen molar-refractivity contribution in [3.8, 4) is 10.4 Å². The van der Waals surface area contributed by atoms with Crippen LogP contribution < -0.4 is 0 Å². The Morgan fingerprint density at radius 2 is 1.84 bits per heavy atom. The normalized spacial score (nSPS) is 11.2. The Labute approximate surface area is 121 Å². The fourth-order valence-corrected chi connectivity index (χ4v) is 3.63. The molecule has 0 fully saturated rings. The van der Waals surface area contributed by atoms with E-state index >= 15 is 0 Å². The predicted octanol–water partition coefficient (Wildman–Crippen LogP) is 4.94. The second-order valence-corrected chi connectivity index (χ2v) is 6.12. The van der Waals surface area contributed by atoms with Gasteiger partial charge < -0.3 is 0 Å². The highest BCUT2D eigenvalue weighted by molar-refractivity contribution is 7.22. The average Bonchev–Trinajstić information content (AvgIpc) is 2.72. The van der Waals surface area contributed by atoms with Gasteiger partial charge in [-0.05, 0) is 38.0 Å². The number of hydrogen-bond acceptors (Lipinski definition) is 3. The number of thiophene rings is 1. The maximum Gasteiger partial charge on any atom is 0.150 e. The van der Waals surface area contributed by atoms with Crippen molar-refractivity contribution < 1.29 is 0 Å². The number of aromatic nitrogens is 2. The highest BCUT2D eigenvalue weighted by Crippen LogP contribution is 2.37. The molecule has 0 aliphatic carbocycles. The molecule has 96 valence electrons. The highest BCUT2D eigenvalue weighted by Gasteiger charge is 2.11. The molecule has 0 N–H and O–H groups in total. The van der Waals surface area contributed by atoms with E-state index < -0.39 is 0 Å². The molecular formula is C15H13ClN2S. The van der Waals surface area contributed by atoms with Gasteiger partial charge in [0.2, 0.25) is 0 Å². The summed E-state index contributed by atoms with van der Waals surface area (Å²) < 4.78 is 0.960. The van der Waals surface area contributed by atoms with Crippen LogP contribution in [0.15, 0.2) is 24.3 Å². The fraction of sp³-hybridized carbons (Fsp3) is 0.200. The van der Waals surface area contributed by atoms with E-state index in [0.717, 1.165) is 10.2 Å². The minimum absolute atomic E-state index is 0.545. The number of fused-ring (bicyclic) bond motifs is 1. The lowest BCUT2D eigenvalue weighted by atomic mass is 10.0. The van der Waals surface area contributed by atoms with E-state index in [1.807, 2.05) is 6.92 Å². The van der Waals surface area contributed by atoms with Crippen molar-refractivity contribution in [2.75, 3.05) is 0 Å². The molecule has 1 aromatic carbocycles. The highest BCUT2D eigenvalue weighted by atomic mass is 35.5. The van der Waals surface area contributed by atoms with Crippen molar-refractivity contribution in [3.63, 3.8) is 0 Å². The molecule has 2 aromatic heterocycles. The summed E-state index contributed by atoms with van der Waals surface area (Å²) in [5, 5.41) is 0.545. The van der Waals surface area contributed by atoms with E-state index in [9.17, 15) is 0 Å². The fourth-order valence-electron chi connectivity index (χ4n) is 2.23. The van der Waals surface area contributed by atoms with Gasteiger partial charge >= 0.3 is 0 Å². The zero-order valence-corrected chi connectivity index (χ0v) is 12.6. The Morgan fingerprint density at radius 1 is 1.05 bits per heavy atom. The average molecular weight is 289 g/mol. The van der Waals surface area contributed by atoms with Gasteiger partial charge in [0, 0.05) is 4.88 Å². The largest absolute Gasteiger partial charge is 0.232 e. The zero-order chi connectivity index (χ0) is 13.6. The number of hydrogen-bond donors (Lipinski definition) is 0. The molecule has 0 radical (unpaired) electrons. The van der Waals surface area contributed by atoms with Crippen LogP contribution in [0.2, 0.25) is 5.15 Å². The third-order valence-electron chi connectivity index (χ3n) is 3.09. The molecule has 0 aliphatic rings. The summed E-state index contributed by atoms with van der Waals surface area (Å²) in [4.78, 5) is 9.84. The number of nitrogens with zero attached hydrogens (tertiary/aromatic N) is 2. The molecule has 0 bridgehead atoms. The smallest absolute Gasteiger partial charge is 0.150 e. The van der Waals surface area contributed by atoms with Gasteiger partial charge in [-0.25, -0.2) is 9.97 Å². The minimum Gasteiger partial charge on any atom is -0.232 e. The lowest BCUT2D eigenvalue weighted by Crippen LogP contribution is -1.86. The topological polar surface area (TPSA) is 25.8 Å². The Kier molecular flexibility index (Phi) is 3.03. The van der Waals surface area contributed by atoms with E-state index in [0.29, 0.717) is 11.0 Å². The van der Waals surface area contributed by atoms with Crippen LogP contribution in [0.25, 0.3) is 20.7 Å². The molecule has 19 heavy (non-hydrogen) atoms. The summed E-state index contributed by atoms with van der Waals surface area (Å²) in [6.45, 7) is 6.10. The van der Waals surface area contributed by atoms with Crippen molar-refractivity contribution in [2.45, 2.75) is 20.8 Å². The number of benzene rings is 1. The molecule has 0 saturated heterocycles. The van der Waals surface area contributed by atoms with E-state index in [2.05, 4.69) is 48.1 Å². The SMILES string of the molecule is Cc1ccc(-c2cc3nc(C)nc(Cl)c3s2)c(C)c1. The van der Waals surface area contributed by atoms with Crippen molar-refractivity contribution in [1.82, 2.24) is 9.97 Å². The van der Waals surface area contributed by atoms with Crippen LogP contribution in [0.1, 0.15) is 17.0 Å². The van der Waals surface area contributed by atoms with E-state index in [-0.39, 0.29) is 0 Å². The second kappa shape index (κ2) is 4.58. The molecule has 2 heterocycles. The molecule has 0 spiro atoms. The van der Waals surface area contributed by atoms with E-state index in [1.54, 1.807) is 11.3 Å². The molecule has 4 heteroatoms. The summed E-state index contributed by atoms with van der Waals surface area (Å²) in [6.07, 6.45) is 0. The lowest BCUT2D eigenvalue weighted by molar-refractivity contribution is 1.10. The monoisotopic (exact) mass is 288 g/mol. The maximum absolute atomic E-state index is 6.19. The third kappa shape index (κ3) is 2.24. The van der Waals surface area contributed by atoms with Crippen LogP contribution >= 0.6 is 22.9 Å². The summed E-state index contributed by atoms with van der Waals surface area (Å²) in [5.74, 6) is 0.711. The van der Waals surface area contributed by atoms with Crippen molar-refractivity contribution >= 4 is 33.2 Å². The molecule has 3 aromatic rings. The molecule has 3 rings (SSSR count). The second-order valence-electron chi connectivity index (χ2n) is 4.71. The van der Waals surface area contributed by atoms with Gasteiger partial charge in [0.1, 0.15) is 5.82 Å². The lowest BCUT2D eigenvalue weighted by Gasteiger charge is -2.03. The molecule has 0 atom stereocenters. The Hall–Kier alpha value is -1.45. The quantitative estimate of drug-likeness (QED) is 0.593. The van der Waals surface area contributed by atoms with Crippen LogP contribution in [0.3, 0.4) is 0 Å². The Balaban J connectivity index is 2.23. The van der Waals surface area contributed by atoms with Crippen LogP contribution in [-0.4, -0.2) is 9.97 Å². The van der Waals surface area contributed by atoms with Gasteiger partial charge in [0.15, 0.2) is 5.15 Å². The third-order valence-corrected chi connectivity index (χ3v) is 4.64. The van der Waals surface area contributed by atoms with Gasteiger partial charge in [-0.2, -0.15) is 0 Å².